The van der Waals surface area contributed by atoms with Crippen LogP contribution >= 0.6 is 0 Å². The van der Waals surface area contributed by atoms with Crippen molar-refractivity contribution >= 4 is 21.6 Å². The van der Waals surface area contributed by atoms with Crippen LogP contribution in [0, 0.1) is 0 Å². The van der Waals surface area contributed by atoms with Gasteiger partial charge in [0.2, 0.25) is 0 Å². The van der Waals surface area contributed by atoms with Gasteiger partial charge in [0.05, 0.1) is 17.5 Å². The summed E-state index contributed by atoms with van der Waals surface area (Å²) in [6, 6.07) is 22.0. The molecule has 0 saturated heterocycles. The van der Waals surface area contributed by atoms with Crippen LogP contribution in [0.3, 0.4) is 0 Å². The van der Waals surface area contributed by atoms with Gasteiger partial charge in [-0.05, 0) is 67.9 Å². The molecule has 0 saturated carbocycles. The lowest BCUT2D eigenvalue weighted by Gasteiger charge is -2.15. The van der Waals surface area contributed by atoms with Crippen LogP contribution in [0.15, 0.2) is 83.8 Å². The number of ether oxygens (including phenoxy) is 2. The number of rotatable bonds is 10. The quantitative estimate of drug-likeness (QED) is 0.480. The van der Waals surface area contributed by atoms with Crippen LogP contribution in [0.2, 0.25) is 0 Å². The second kappa shape index (κ2) is 10.7. The number of carbonyl (C=O) groups is 1. The maximum Gasteiger partial charge on any atom is 0.261 e. The fourth-order valence-corrected chi connectivity index (χ4v) is 4.03. The van der Waals surface area contributed by atoms with Crippen molar-refractivity contribution in [3.05, 3.63) is 84.4 Å². The average molecular weight is 455 g/mol. The number of hydrogen-bond acceptors (Lipinski definition) is 5. The van der Waals surface area contributed by atoms with E-state index in [1.165, 1.54) is 24.3 Å². The molecule has 0 radical (unpaired) electrons. The van der Waals surface area contributed by atoms with Crippen LogP contribution in [-0.2, 0) is 14.8 Å². The Morgan fingerprint density at radius 2 is 1.47 bits per heavy atom. The minimum atomic E-state index is -3.76. The average Bonchev–Trinajstić information content (AvgIpc) is 2.80. The Kier molecular flexibility index (Phi) is 7.72. The summed E-state index contributed by atoms with van der Waals surface area (Å²) in [6.45, 7) is 4.13. The van der Waals surface area contributed by atoms with Gasteiger partial charge in [-0.1, -0.05) is 30.3 Å². The zero-order chi connectivity index (χ0) is 23.0. The summed E-state index contributed by atoms with van der Waals surface area (Å²) >= 11 is 0. The highest BCUT2D eigenvalue weighted by Gasteiger charge is 2.15. The first-order valence-corrected chi connectivity index (χ1v) is 11.7. The minimum absolute atomic E-state index is 0.0842. The molecule has 3 rings (SSSR count). The van der Waals surface area contributed by atoms with Gasteiger partial charge in [-0.3, -0.25) is 9.52 Å². The standard InChI is InChI=1S/C24H26N2O5S/c1-3-30-21-11-9-20(10-12-21)26-32(28,29)23-15-13-22(14-16-23)31-17-24(27)25-18(2)19-7-5-4-6-8-19/h4-16,18,26H,3,17H2,1-2H3,(H,25,27)/t18-/m1/s1. The van der Waals surface area contributed by atoms with Crippen molar-refractivity contribution in [1.82, 2.24) is 5.32 Å². The molecule has 0 bridgehead atoms. The number of sulfonamides is 1. The van der Waals surface area contributed by atoms with E-state index in [0.717, 1.165) is 5.56 Å². The highest BCUT2D eigenvalue weighted by molar-refractivity contribution is 7.92. The Bertz CT molecular complexity index is 1120. The van der Waals surface area contributed by atoms with Crippen molar-refractivity contribution in [2.24, 2.45) is 0 Å². The Morgan fingerprint density at radius 3 is 2.09 bits per heavy atom. The number of benzene rings is 3. The van der Waals surface area contributed by atoms with Crippen molar-refractivity contribution in [2.75, 3.05) is 17.9 Å². The zero-order valence-corrected chi connectivity index (χ0v) is 18.8. The van der Waals surface area contributed by atoms with Crippen LogP contribution in [0.4, 0.5) is 5.69 Å². The fraction of sp³-hybridized carbons (Fsp3) is 0.208. The number of nitrogens with one attached hydrogen (secondary N) is 2. The molecule has 1 amide bonds. The van der Waals surface area contributed by atoms with Crippen molar-refractivity contribution in [1.29, 1.82) is 0 Å². The molecule has 1 atom stereocenters. The molecule has 0 aromatic heterocycles. The molecular formula is C24H26N2O5S. The number of anilines is 1. The predicted molar refractivity (Wildman–Crippen MR) is 123 cm³/mol. The van der Waals surface area contributed by atoms with Crippen LogP contribution in [-0.4, -0.2) is 27.5 Å². The number of carbonyl (C=O) groups excluding carboxylic acids is 1. The third-order valence-electron chi connectivity index (χ3n) is 4.60. The third-order valence-corrected chi connectivity index (χ3v) is 6.00. The second-order valence-corrected chi connectivity index (χ2v) is 8.71. The highest BCUT2D eigenvalue weighted by Crippen LogP contribution is 2.21. The molecule has 32 heavy (non-hydrogen) atoms. The lowest BCUT2D eigenvalue weighted by molar-refractivity contribution is -0.123. The molecule has 0 aliphatic carbocycles. The van der Waals surface area contributed by atoms with Gasteiger partial charge in [0.1, 0.15) is 11.5 Å². The first kappa shape index (κ1) is 23.1. The molecule has 0 fully saturated rings. The highest BCUT2D eigenvalue weighted by atomic mass is 32.2. The molecule has 0 aliphatic heterocycles. The van der Waals surface area contributed by atoms with Gasteiger partial charge in [0, 0.05) is 5.69 Å². The summed E-state index contributed by atoms with van der Waals surface area (Å²) in [5, 5.41) is 2.86. The lowest BCUT2D eigenvalue weighted by atomic mass is 10.1. The lowest BCUT2D eigenvalue weighted by Crippen LogP contribution is -2.31. The molecule has 168 valence electrons. The smallest absolute Gasteiger partial charge is 0.261 e. The molecule has 0 unspecified atom stereocenters. The van der Waals surface area contributed by atoms with Crippen molar-refractivity contribution in [3.8, 4) is 11.5 Å². The molecule has 8 heteroatoms. The Hall–Kier alpha value is -3.52. The molecule has 0 aliphatic rings. The topological polar surface area (TPSA) is 93.7 Å². The maximum absolute atomic E-state index is 12.6. The van der Waals surface area contributed by atoms with E-state index >= 15 is 0 Å². The largest absolute Gasteiger partial charge is 0.494 e. The van der Waals surface area contributed by atoms with Gasteiger partial charge in [-0.15, -0.1) is 0 Å². The van der Waals surface area contributed by atoms with Gasteiger partial charge >= 0.3 is 0 Å². The van der Waals surface area contributed by atoms with Crippen LogP contribution < -0.4 is 19.5 Å². The predicted octanol–water partition coefficient (Wildman–Crippen LogP) is 4.14. The monoisotopic (exact) mass is 454 g/mol. The van der Waals surface area contributed by atoms with Crippen LogP contribution in [0.1, 0.15) is 25.5 Å². The van der Waals surface area contributed by atoms with Gasteiger partial charge in [0.15, 0.2) is 6.61 Å². The summed E-state index contributed by atoms with van der Waals surface area (Å²) in [7, 11) is -3.76. The first-order chi connectivity index (χ1) is 15.4. The van der Waals surface area contributed by atoms with E-state index in [1.807, 2.05) is 44.2 Å². The molecule has 0 spiro atoms. The Morgan fingerprint density at radius 1 is 0.875 bits per heavy atom. The molecule has 3 aromatic rings. The van der Waals surface area contributed by atoms with E-state index in [9.17, 15) is 13.2 Å². The summed E-state index contributed by atoms with van der Waals surface area (Å²) in [5.74, 6) is 0.793. The van der Waals surface area contributed by atoms with E-state index < -0.39 is 10.0 Å². The molecule has 7 nitrogen and oxygen atoms in total. The number of hydrogen-bond donors (Lipinski definition) is 2. The first-order valence-electron chi connectivity index (χ1n) is 10.2. The van der Waals surface area contributed by atoms with E-state index in [4.69, 9.17) is 9.47 Å². The van der Waals surface area contributed by atoms with Gasteiger partial charge in [-0.2, -0.15) is 0 Å². The van der Waals surface area contributed by atoms with Crippen molar-refractivity contribution in [3.63, 3.8) is 0 Å². The molecular weight excluding hydrogens is 428 g/mol. The second-order valence-electron chi connectivity index (χ2n) is 7.02. The third kappa shape index (κ3) is 6.49. The summed E-state index contributed by atoms with van der Waals surface area (Å²) in [5.41, 5.74) is 1.42. The van der Waals surface area contributed by atoms with E-state index in [1.54, 1.807) is 24.3 Å². The van der Waals surface area contributed by atoms with Gasteiger partial charge < -0.3 is 14.8 Å². The van der Waals surface area contributed by atoms with Crippen molar-refractivity contribution < 1.29 is 22.7 Å². The zero-order valence-electron chi connectivity index (χ0n) is 17.9. The molecule has 0 heterocycles. The maximum atomic E-state index is 12.6. The summed E-state index contributed by atoms with van der Waals surface area (Å²) in [4.78, 5) is 12.2. The van der Waals surface area contributed by atoms with E-state index in [0.29, 0.717) is 23.8 Å². The van der Waals surface area contributed by atoms with Gasteiger partial charge in [-0.25, -0.2) is 8.42 Å². The molecule has 3 aromatic carbocycles. The van der Waals surface area contributed by atoms with Crippen molar-refractivity contribution in [2.45, 2.75) is 24.8 Å². The van der Waals surface area contributed by atoms with E-state index in [-0.39, 0.29) is 23.5 Å². The Labute approximate surface area is 188 Å². The van der Waals surface area contributed by atoms with Crippen LogP contribution in [0.5, 0.6) is 11.5 Å². The van der Waals surface area contributed by atoms with E-state index in [2.05, 4.69) is 10.0 Å². The normalized spacial score (nSPS) is 11.9. The fourth-order valence-electron chi connectivity index (χ4n) is 2.97. The van der Waals surface area contributed by atoms with Crippen LogP contribution in [0.25, 0.3) is 0 Å². The summed E-state index contributed by atoms with van der Waals surface area (Å²) < 4.78 is 38.6. The summed E-state index contributed by atoms with van der Waals surface area (Å²) in [6.07, 6.45) is 0. The SMILES string of the molecule is CCOc1ccc(NS(=O)(=O)c2ccc(OCC(=O)N[C@H](C)c3ccccc3)cc2)cc1. The number of amides is 1. The minimum Gasteiger partial charge on any atom is -0.494 e. The van der Waals surface area contributed by atoms with Gasteiger partial charge in [0.25, 0.3) is 15.9 Å². The molecule has 2 N–H and O–H groups in total. The Balaban J connectivity index is 1.54.